The van der Waals surface area contributed by atoms with Crippen LogP contribution in [0.5, 0.6) is 0 Å². The summed E-state index contributed by atoms with van der Waals surface area (Å²) in [4.78, 5) is 8.36. The molecule has 0 aliphatic heterocycles. The third-order valence-corrected chi connectivity index (χ3v) is 0. The average Bonchev–Trinajstić information content (AvgIpc) is 0.811. The monoisotopic (exact) mass is 309 g/mol. The Morgan fingerprint density at radius 3 is 1.11 bits per heavy atom. The molecule has 0 aliphatic carbocycles. The van der Waals surface area contributed by atoms with Crippen LogP contribution < -0.4 is 0 Å². The fraction of sp³-hybridized carbons (Fsp3) is 0. The summed E-state index contributed by atoms with van der Waals surface area (Å²) in [7, 11) is 0. The van der Waals surface area contributed by atoms with Gasteiger partial charge in [-0.25, -0.2) is 0 Å². The largest absolute Gasteiger partial charge is 0.412 e. The van der Waals surface area contributed by atoms with E-state index < -0.39 is 5.09 Å². The van der Waals surface area contributed by atoms with Gasteiger partial charge in [-0.1, -0.05) is 0 Å². The van der Waals surface area contributed by atoms with Gasteiger partial charge >= 0.3 is 0 Å². The van der Waals surface area contributed by atoms with Crippen molar-refractivity contribution in [3.8, 4) is 0 Å². The molecule has 0 spiro atoms. The van der Waals surface area contributed by atoms with Gasteiger partial charge in [0.15, 0.2) is 0 Å². The van der Waals surface area contributed by atoms with E-state index in [1.54, 1.807) is 0 Å². The van der Waals surface area contributed by atoms with Crippen molar-refractivity contribution in [3.05, 3.63) is 10.1 Å². The molecule has 0 fully saturated rings. The molecule has 0 amide bonds. The molecule has 9 heteroatoms. The summed E-state index contributed by atoms with van der Waals surface area (Å²) in [5.74, 6) is 0. The van der Waals surface area contributed by atoms with Gasteiger partial charge in [0.05, 0.1) is 0 Å². The molecule has 0 rings (SSSR count). The summed E-state index contributed by atoms with van der Waals surface area (Å²) < 4.78 is 0. The minimum Gasteiger partial charge on any atom is -0.412 e. The Hall–Kier alpha value is 0.559. The Balaban J connectivity index is -0.00000000450. The van der Waals surface area contributed by atoms with Gasteiger partial charge in [-0.15, -0.1) is 10.1 Å². The van der Waals surface area contributed by atoms with Crippen molar-refractivity contribution in [1.29, 1.82) is 0 Å². The minimum absolute atomic E-state index is 0. The summed E-state index contributed by atoms with van der Waals surface area (Å²) in [6, 6.07) is 0. The van der Waals surface area contributed by atoms with Gasteiger partial charge in [-0.05, 0) is 0 Å². The van der Waals surface area contributed by atoms with E-state index in [9.17, 15) is 0 Å². The first-order valence-electron chi connectivity index (χ1n) is 0.565. The molecule has 0 saturated heterocycles. The number of hydrogen-bond donors (Lipinski definition) is 1. The van der Waals surface area contributed by atoms with Crippen LogP contribution in [0.15, 0.2) is 0 Å². The number of rotatable bonds is 0. The molecule has 0 bridgehead atoms. The molecule has 0 heterocycles. The summed E-state index contributed by atoms with van der Waals surface area (Å²) in [6.07, 6.45) is 0. The summed E-state index contributed by atoms with van der Waals surface area (Å²) in [6.45, 7) is 0. The molecular weight excluding hydrogens is 299 g/mol. The molecule has 0 radical (unpaired) electrons. The van der Waals surface area contributed by atoms with Gasteiger partial charge in [0, 0.05) is 46.9 Å². The van der Waals surface area contributed by atoms with Crippen LogP contribution in [0.4, 0.5) is 0 Å². The molecular formula is H9NO7Yb. The molecule has 0 aromatic heterocycles. The Bertz CT molecular complexity index is 31.9. The zero-order valence-electron chi connectivity index (χ0n) is 3.98. The van der Waals surface area contributed by atoms with Gasteiger partial charge in [0.1, 0.15) is 0 Å². The van der Waals surface area contributed by atoms with Gasteiger partial charge in [0.25, 0.3) is 5.09 Å². The van der Waals surface area contributed by atoms with E-state index in [0.29, 0.717) is 0 Å². The molecule has 0 saturated carbocycles. The smallest absolute Gasteiger partial charge is 0.291 e. The first-order chi connectivity index (χ1) is 1.73. The van der Waals surface area contributed by atoms with Crippen molar-refractivity contribution in [3.63, 3.8) is 0 Å². The third kappa shape index (κ3) is 1180. The third-order valence-electron chi connectivity index (χ3n) is 0. The predicted octanol–water partition coefficient (Wildman–Crippen LogP) is -3.65. The second-order valence-electron chi connectivity index (χ2n) is 0.238. The van der Waals surface area contributed by atoms with Gasteiger partial charge < -0.3 is 27.1 Å². The molecule has 0 atom stereocenters. The van der Waals surface area contributed by atoms with Crippen molar-refractivity contribution in [2.45, 2.75) is 0 Å². The summed E-state index contributed by atoms with van der Waals surface area (Å²) in [5, 5.41) is 13.6. The summed E-state index contributed by atoms with van der Waals surface area (Å²) in [5.41, 5.74) is 0. The maximum Gasteiger partial charge on any atom is 0.291 e. The zero-order valence-corrected chi connectivity index (χ0v) is 5.69. The molecule has 0 aliphatic rings. The van der Waals surface area contributed by atoms with Crippen LogP contribution in [0, 0.1) is 57.0 Å². The van der Waals surface area contributed by atoms with Gasteiger partial charge in [-0.2, -0.15) is 0 Å². The fourth-order valence-corrected chi connectivity index (χ4v) is 0. The molecule has 8 nitrogen and oxygen atoms in total. The van der Waals surface area contributed by atoms with Gasteiger partial charge in [-0.3, -0.25) is 0 Å². The molecule has 0 aromatic rings. The van der Waals surface area contributed by atoms with Gasteiger partial charge in [0.2, 0.25) is 0 Å². The van der Waals surface area contributed by atoms with Crippen molar-refractivity contribution in [2.24, 2.45) is 0 Å². The van der Waals surface area contributed by atoms with Crippen LogP contribution >= 0.6 is 0 Å². The van der Waals surface area contributed by atoms with E-state index in [-0.39, 0.29) is 68.8 Å². The average molecular weight is 308 g/mol. The first kappa shape index (κ1) is 55.3. The van der Waals surface area contributed by atoms with Crippen LogP contribution in [0.3, 0.4) is 0 Å². The molecule has 9 N–H and O–H groups in total. The normalized spacial score (nSPS) is 2.67. The molecule has 0 unspecified atom stereocenters. The second kappa shape index (κ2) is 38.6. The van der Waals surface area contributed by atoms with Crippen LogP contribution in [0.2, 0.25) is 0 Å². The molecule has 0 aromatic carbocycles. The van der Waals surface area contributed by atoms with E-state index in [2.05, 4.69) is 0 Å². The summed E-state index contributed by atoms with van der Waals surface area (Å²) >= 11 is 0. The quantitative estimate of drug-likeness (QED) is 0.357. The van der Waals surface area contributed by atoms with Crippen molar-refractivity contribution in [1.82, 2.24) is 0 Å². The maximum absolute atomic E-state index is 8.36. The maximum atomic E-state index is 8.36. The van der Waals surface area contributed by atoms with Crippen molar-refractivity contribution in [2.75, 3.05) is 0 Å². The molecule has 70 valence electrons. The van der Waals surface area contributed by atoms with E-state index >= 15 is 0 Å². The van der Waals surface area contributed by atoms with E-state index in [4.69, 9.17) is 15.3 Å². The predicted molar refractivity (Wildman–Crippen MR) is 23.2 cm³/mol. The Morgan fingerprint density at radius 1 is 1.11 bits per heavy atom. The minimum atomic E-state index is -1.50. The van der Waals surface area contributed by atoms with Crippen molar-refractivity contribution < 1.29 is 79.1 Å². The SMILES string of the molecule is O.O.O.O.O=[N+]([O-])O.[Yb]. The van der Waals surface area contributed by atoms with E-state index in [1.807, 2.05) is 0 Å². The van der Waals surface area contributed by atoms with Crippen LogP contribution in [0.1, 0.15) is 0 Å². The topological polar surface area (TPSA) is 189 Å². The number of nitrogens with zero attached hydrogens (tertiary/aromatic N) is 1. The molecule has 9 heavy (non-hydrogen) atoms. The van der Waals surface area contributed by atoms with Crippen LogP contribution in [-0.2, 0) is 0 Å². The Kier molecular flexibility index (Phi) is 237. The fourth-order valence-electron chi connectivity index (χ4n) is 0. The Labute approximate surface area is 88.4 Å². The van der Waals surface area contributed by atoms with E-state index in [1.165, 1.54) is 0 Å². The van der Waals surface area contributed by atoms with Crippen molar-refractivity contribution >= 4 is 0 Å². The van der Waals surface area contributed by atoms with Crippen LogP contribution in [-0.4, -0.2) is 32.2 Å². The van der Waals surface area contributed by atoms with E-state index in [0.717, 1.165) is 0 Å². The van der Waals surface area contributed by atoms with Crippen LogP contribution in [0.25, 0.3) is 0 Å². The second-order valence-corrected chi connectivity index (χ2v) is 0.238. The first-order valence-corrected chi connectivity index (χ1v) is 0.565. The number of hydrogen-bond acceptors (Lipinski definition) is 2. The standard InChI is InChI=1S/HNO3.4H2O.Yb/c2-1(3)4;;;;;/h(H,2,3,4);4*1H2;. The Morgan fingerprint density at radius 2 is 1.11 bits per heavy atom. The zero-order chi connectivity index (χ0) is 3.58.